The van der Waals surface area contributed by atoms with Gasteiger partial charge < -0.3 is 10.1 Å². The van der Waals surface area contributed by atoms with Gasteiger partial charge in [0.05, 0.1) is 12.2 Å². The molecule has 1 aliphatic carbocycles. The van der Waals surface area contributed by atoms with E-state index < -0.39 is 0 Å². The van der Waals surface area contributed by atoms with E-state index in [9.17, 15) is 0 Å². The number of rotatable bonds is 8. The van der Waals surface area contributed by atoms with E-state index in [1.54, 1.807) is 0 Å². The number of nitrogens with one attached hydrogen (secondary N) is 1. The maximum Gasteiger partial charge on any atom is 0.0775 e. The van der Waals surface area contributed by atoms with Gasteiger partial charge in [-0.2, -0.15) is 0 Å². The molecule has 2 heteroatoms. The van der Waals surface area contributed by atoms with Crippen molar-refractivity contribution in [1.82, 2.24) is 5.32 Å². The third kappa shape index (κ3) is 5.87. The molecule has 0 amide bonds. The molecule has 0 saturated heterocycles. The van der Waals surface area contributed by atoms with Crippen molar-refractivity contribution in [2.24, 2.45) is 5.92 Å². The van der Waals surface area contributed by atoms with E-state index in [1.165, 1.54) is 38.5 Å². The predicted molar refractivity (Wildman–Crippen MR) is 74.4 cm³/mol. The maximum absolute atomic E-state index is 6.20. The minimum absolute atomic E-state index is 0.0343. The largest absolute Gasteiger partial charge is 0.374 e. The molecular weight excluding hydrogens is 210 g/mol. The summed E-state index contributed by atoms with van der Waals surface area (Å²) < 4.78 is 6.20. The summed E-state index contributed by atoms with van der Waals surface area (Å²) in [6.07, 6.45) is 9.29. The quantitative estimate of drug-likeness (QED) is 0.653. The van der Waals surface area contributed by atoms with E-state index in [0.717, 1.165) is 32.0 Å². The molecule has 1 fully saturated rings. The first-order valence-corrected chi connectivity index (χ1v) is 7.55. The van der Waals surface area contributed by atoms with Crippen molar-refractivity contribution in [2.75, 3.05) is 19.7 Å². The average molecular weight is 241 g/mol. The average Bonchev–Trinajstić information content (AvgIpc) is 2.38. The third-order valence-electron chi connectivity index (χ3n) is 4.07. The van der Waals surface area contributed by atoms with Crippen molar-refractivity contribution in [3.05, 3.63) is 0 Å². The molecule has 1 atom stereocenters. The molecule has 0 bridgehead atoms. The topological polar surface area (TPSA) is 21.3 Å². The third-order valence-corrected chi connectivity index (χ3v) is 4.07. The molecule has 0 heterocycles. The van der Waals surface area contributed by atoms with E-state index in [2.05, 4.69) is 26.1 Å². The Morgan fingerprint density at radius 3 is 2.47 bits per heavy atom. The lowest BCUT2D eigenvalue weighted by atomic mass is 9.90. The van der Waals surface area contributed by atoms with Gasteiger partial charge in [0.2, 0.25) is 0 Å². The van der Waals surface area contributed by atoms with Gasteiger partial charge in [-0.05, 0) is 45.1 Å². The molecule has 0 radical (unpaired) electrons. The highest BCUT2D eigenvalue weighted by molar-refractivity contribution is 4.77. The second-order valence-corrected chi connectivity index (χ2v) is 5.80. The van der Waals surface area contributed by atoms with Crippen LogP contribution in [-0.4, -0.2) is 25.3 Å². The summed E-state index contributed by atoms with van der Waals surface area (Å²) in [7, 11) is 0. The van der Waals surface area contributed by atoms with Crippen LogP contribution in [0.3, 0.4) is 0 Å². The van der Waals surface area contributed by atoms with Crippen LogP contribution in [0.4, 0.5) is 0 Å². The zero-order valence-electron chi connectivity index (χ0n) is 12.1. The number of ether oxygens (including phenoxy) is 1. The molecule has 1 aliphatic rings. The first-order chi connectivity index (χ1) is 8.20. The van der Waals surface area contributed by atoms with Gasteiger partial charge in [-0.3, -0.25) is 0 Å². The second-order valence-electron chi connectivity index (χ2n) is 5.80. The molecule has 0 aromatic carbocycles. The molecule has 102 valence electrons. The molecule has 1 N–H and O–H groups in total. The van der Waals surface area contributed by atoms with E-state index in [-0.39, 0.29) is 5.60 Å². The Labute approximate surface area is 108 Å². The molecule has 0 aliphatic heterocycles. The summed E-state index contributed by atoms with van der Waals surface area (Å²) >= 11 is 0. The summed E-state index contributed by atoms with van der Waals surface area (Å²) in [5.74, 6) is 0.820. The lowest BCUT2D eigenvalue weighted by Crippen LogP contribution is -2.41. The predicted octanol–water partition coefficient (Wildman–Crippen LogP) is 3.75. The highest BCUT2D eigenvalue weighted by Gasteiger charge is 2.24. The normalized spacial score (nSPS) is 21.4. The Kier molecular flexibility index (Phi) is 7.14. The van der Waals surface area contributed by atoms with Crippen LogP contribution in [0, 0.1) is 5.92 Å². The Morgan fingerprint density at radius 2 is 1.88 bits per heavy atom. The van der Waals surface area contributed by atoms with Gasteiger partial charge in [0.1, 0.15) is 0 Å². The van der Waals surface area contributed by atoms with Gasteiger partial charge in [0.25, 0.3) is 0 Å². The summed E-state index contributed by atoms with van der Waals surface area (Å²) in [5.41, 5.74) is 0.0343. The SMILES string of the molecule is CCCNCC(C)(CC)OCC1CCCCC1. The fourth-order valence-corrected chi connectivity index (χ4v) is 2.48. The van der Waals surface area contributed by atoms with Gasteiger partial charge in [-0.1, -0.05) is 33.1 Å². The summed E-state index contributed by atoms with van der Waals surface area (Å²) in [6, 6.07) is 0. The maximum atomic E-state index is 6.20. The van der Waals surface area contributed by atoms with Gasteiger partial charge in [0, 0.05) is 6.54 Å². The summed E-state index contributed by atoms with van der Waals surface area (Å²) in [5, 5.41) is 3.49. The minimum Gasteiger partial charge on any atom is -0.374 e. The molecule has 2 nitrogen and oxygen atoms in total. The smallest absolute Gasteiger partial charge is 0.0775 e. The van der Waals surface area contributed by atoms with Crippen LogP contribution in [0.2, 0.25) is 0 Å². The minimum atomic E-state index is 0.0343. The van der Waals surface area contributed by atoms with Crippen LogP contribution < -0.4 is 5.32 Å². The molecule has 17 heavy (non-hydrogen) atoms. The number of hydrogen-bond acceptors (Lipinski definition) is 2. The molecule has 0 aromatic heterocycles. The Morgan fingerprint density at radius 1 is 1.18 bits per heavy atom. The first-order valence-electron chi connectivity index (χ1n) is 7.55. The zero-order valence-corrected chi connectivity index (χ0v) is 12.1. The highest BCUT2D eigenvalue weighted by Crippen LogP contribution is 2.26. The molecule has 0 aromatic rings. The van der Waals surface area contributed by atoms with Gasteiger partial charge in [-0.15, -0.1) is 0 Å². The Hall–Kier alpha value is -0.0800. The summed E-state index contributed by atoms with van der Waals surface area (Å²) in [6.45, 7) is 9.75. The van der Waals surface area contributed by atoms with Gasteiger partial charge in [-0.25, -0.2) is 0 Å². The second kappa shape index (κ2) is 8.10. The number of hydrogen-bond donors (Lipinski definition) is 1. The van der Waals surface area contributed by atoms with Gasteiger partial charge >= 0.3 is 0 Å². The van der Waals surface area contributed by atoms with Crippen molar-refractivity contribution in [3.8, 4) is 0 Å². The molecule has 1 saturated carbocycles. The lowest BCUT2D eigenvalue weighted by Gasteiger charge is -2.32. The standard InChI is InChI=1S/C15H31NO/c1-4-11-16-13-15(3,5-2)17-12-14-9-7-6-8-10-14/h14,16H,4-13H2,1-3H3. The van der Waals surface area contributed by atoms with Crippen molar-refractivity contribution >= 4 is 0 Å². The van der Waals surface area contributed by atoms with Crippen molar-refractivity contribution in [1.29, 1.82) is 0 Å². The van der Waals surface area contributed by atoms with Crippen LogP contribution in [0.5, 0.6) is 0 Å². The van der Waals surface area contributed by atoms with Crippen LogP contribution in [0.1, 0.15) is 65.7 Å². The van der Waals surface area contributed by atoms with Crippen LogP contribution in [0.15, 0.2) is 0 Å². The van der Waals surface area contributed by atoms with Crippen molar-refractivity contribution in [2.45, 2.75) is 71.3 Å². The first kappa shape index (κ1) is 15.0. The van der Waals surface area contributed by atoms with E-state index in [1.807, 2.05) is 0 Å². The van der Waals surface area contributed by atoms with Gasteiger partial charge in [0.15, 0.2) is 0 Å². The monoisotopic (exact) mass is 241 g/mol. The Balaban J connectivity index is 2.23. The molecule has 0 spiro atoms. The Bertz CT molecular complexity index is 189. The molecule has 1 unspecified atom stereocenters. The fraction of sp³-hybridized carbons (Fsp3) is 1.00. The van der Waals surface area contributed by atoms with Crippen LogP contribution >= 0.6 is 0 Å². The zero-order chi connectivity index (χ0) is 12.6. The van der Waals surface area contributed by atoms with Crippen molar-refractivity contribution in [3.63, 3.8) is 0 Å². The van der Waals surface area contributed by atoms with Crippen LogP contribution in [0.25, 0.3) is 0 Å². The molecular formula is C15H31NO. The van der Waals surface area contributed by atoms with Crippen LogP contribution in [-0.2, 0) is 4.74 Å². The highest BCUT2D eigenvalue weighted by atomic mass is 16.5. The molecule has 1 rings (SSSR count). The van der Waals surface area contributed by atoms with E-state index in [0.29, 0.717) is 0 Å². The lowest BCUT2D eigenvalue weighted by molar-refractivity contribution is -0.0537. The van der Waals surface area contributed by atoms with E-state index >= 15 is 0 Å². The van der Waals surface area contributed by atoms with Crippen molar-refractivity contribution < 1.29 is 4.74 Å². The fourth-order valence-electron chi connectivity index (χ4n) is 2.48. The summed E-state index contributed by atoms with van der Waals surface area (Å²) in [4.78, 5) is 0. The van der Waals surface area contributed by atoms with E-state index in [4.69, 9.17) is 4.74 Å².